The van der Waals surface area contributed by atoms with Crippen LogP contribution < -0.4 is 5.73 Å². The summed E-state index contributed by atoms with van der Waals surface area (Å²) in [7, 11) is 0. The zero-order valence-electron chi connectivity index (χ0n) is 18.8. The topological polar surface area (TPSA) is 75.0 Å². The average Bonchev–Trinajstić information content (AvgIpc) is 3.36. The van der Waals surface area contributed by atoms with Gasteiger partial charge in [0.25, 0.3) is 5.91 Å². The van der Waals surface area contributed by atoms with Crippen molar-refractivity contribution in [3.8, 4) is 22.4 Å². The first-order valence-electron chi connectivity index (χ1n) is 11.1. The lowest BCUT2D eigenvalue weighted by molar-refractivity contribution is 0.0791. The third kappa shape index (κ3) is 3.69. The van der Waals surface area contributed by atoms with Crippen LogP contribution in [0.5, 0.6) is 0 Å². The van der Waals surface area contributed by atoms with Crippen LogP contribution in [0, 0.1) is 20.8 Å². The van der Waals surface area contributed by atoms with Gasteiger partial charge in [0.1, 0.15) is 0 Å². The lowest BCUT2D eigenvalue weighted by atomic mass is 10.0. The number of aromatic amines is 1. The summed E-state index contributed by atoms with van der Waals surface area (Å²) < 4.78 is 0. The molecule has 1 saturated heterocycles. The van der Waals surface area contributed by atoms with Crippen LogP contribution >= 0.6 is 0 Å². The molecule has 32 heavy (non-hydrogen) atoms. The molecule has 0 saturated carbocycles. The first-order valence-corrected chi connectivity index (χ1v) is 11.1. The van der Waals surface area contributed by atoms with Crippen LogP contribution in [0.25, 0.3) is 33.3 Å². The highest BCUT2D eigenvalue weighted by Crippen LogP contribution is 2.33. The van der Waals surface area contributed by atoms with Crippen LogP contribution in [-0.4, -0.2) is 39.9 Å². The fourth-order valence-electron chi connectivity index (χ4n) is 4.74. The predicted molar refractivity (Wildman–Crippen MR) is 130 cm³/mol. The number of amides is 1. The smallest absolute Gasteiger partial charge is 0.253 e. The highest BCUT2D eigenvalue weighted by atomic mass is 16.2. The summed E-state index contributed by atoms with van der Waals surface area (Å²) >= 11 is 0. The van der Waals surface area contributed by atoms with Gasteiger partial charge in [0.15, 0.2) is 0 Å². The fraction of sp³-hybridized carbons (Fsp3) is 0.259. The number of H-pyrrole nitrogens is 1. The van der Waals surface area contributed by atoms with Crippen molar-refractivity contribution in [3.05, 3.63) is 77.1 Å². The highest BCUT2D eigenvalue weighted by molar-refractivity contribution is 5.96. The first kappa shape index (κ1) is 20.5. The van der Waals surface area contributed by atoms with Gasteiger partial charge in [-0.2, -0.15) is 0 Å². The molecule has 0 bridgehead atoms. The summed E-state index contributed by atoms with van der Waals surface area (Å²) in [6, 6.07) is 18.7. The summed E-state index contributed by atoms with van der Waals surface area (Å²) in [4.78, 5) is 22.7. The van der Waals surface area contributed by atoms with Crippen LogP contribution in [0.15, 0.2) is 54.6 Å². The number of nitrogens with zero attached hydrogens (tertiary/aromatic N) is 2. The van der Waals surface area contributed by atoms with Gasteiger partial charge in [-0.1, -0.05) is 24.3 Å². The van der Waals surface area contributed by atoms with Crippen molar-refractivity contribution in [3.63, 3.8) is 0 Å². The van der Waals surface area contributed by atoms with E-state index in [1.165, 1.54) is 10.9 Å². The van der Waals surface area contributed by atoms with Crippen molar-refractivity contribution in [2.45, 2.75) is 33.2 Å². The fourth-order valence-corrected chi connectivity index (χ4v) is 4.74. The SMILES string of the molecule is Cc1cc(-c2[nH]c3cc(-c4ccc(C(=O)N5CC[C@@H](N)C5)cc4)ccc3c2C)cc(C)n1. The van der Waals surface area contributed by atoms with Gasteiger partial charge in [0.05, 0.1) is 0 Å². The molecule has 5 nitrogen and oxygen atoms in total. The third-order valence-corrected chi connectivity index (χ3v) is 6.41. The largest absolute Gasteiger partial charge is 0.354 e. The number of nitrogens with one attached hydrogen (secondary N) is 1. The van der Waals surface area contributed by atoms with E-state index in [1.54, 1.807) is 0 Å². The number of aromatic nitrogens is 2. The monoisotopic (exact) mass is 424 g/mol. The summed E-state index contributed by atoms with van der Waals surface area (Å²) in [6.07, 6.45) is 0.875. The Morgan fingerprint density at radius 1 is 0.969 bits per heavy atom. The summed E-state index contributed by atoms with van der Waals surface area (Å²) in [6.45, 7) is 7.59. The Labute approximate surface area is 188 Å². The second-order valence-electron chi connectivity index (χ2n) is 8.90. The second-order valence-corrected chi connectivity index (χ2v) is 8.90. The minimum atomic E-state index is 0.0625. The van der Waals surface area contributed by atoms with Gasteiger partial charge in [-0.3, -0.25) is 9.78 Å². The van der Waals surface area contributed by atoms with Gasteiger partial charge >= 0.3 is 0 Å². The maximum atomic E-state index is 12.7. The number of benzene rings is 2. The normalized spacial score (nSPS) is 16.1. The quantitative estimate of drug-likeness (QED) is 0.486. The van der Waals surface area contributed by atoms with E-state index in [2.05, 4.69) is 47.2 Å². The Hall–Kier alpha value is -3.44. The van der Waals surface area contributed by atoms with Gasteiger partial charge in [0.2, 0.25) is 0 Å². The molecule has 1 aliphatic rings. The molecule has 1 amide bonds. The number of fused-ring (bicyclic) bond motifs is 1. The Bertz CT molecular complexity index is 1300. The van der Waals surface area contributed by atoms with E-state index < -0.39 is 0 Å². The number of nitrogens with two attached hydrogens (primary N) is 1. The number of hydrogen-bond acceptors (Lipinski definition) is 3. The van der Waals surface area contributed by atoms with Crippen LogP contribution in [0.1, 0.15) is 33.7 Å². The molecule has 1 fully saturated rings. The summed E-state index contributed by atoms with van der Waals surface area (Å²) in [5.74, 6) is 0.0625. The van der Waals surface area contributed by atoms with Crippen LogP contribution in [0.3, 0.4) is 0 Å². The molecule has 2 aromatic heterocycles. The van der Waals surface area contributed by atoms with Crippen molar-refractivity contribution in [1.82, 2.24) is 14.9 Å². The minimum Gasteiger partial charge on any atom is -0.354 e. The number of rotatable bonds is 3. The summed E-state index contributed by atoms with van der Waals surface area (Å²) in [5.41, 5.74) is 15.5. The maximum Gasteiger partial charge on any atom is 0.253 e. The molecule has 162 valence electrons. The third-order valence-electron chi connectivity index (χ3n) is 6.41. The van der Waals surface area contributed by atoms with Gasteiger partial charge in [-0.15, -0.1) is 0 Å². The molecule has 2 aromatic carbocycles. The average molecular weight is 425 g/mol. The van der Waals surface area contributed by atoms with E-state index in [4.69, 9.17) is 5.73 Å². The minimum absolute atomic E-state index is 0.0625. The molecule has 0 unspecified atom stereocenters. The van der Waals surface area contributed by atoms with Crippen molar-refractivity contribution in [2.24, 2.45) is 5.73 Å². The van der Waals surface area contributed by atoms with E-state index in [0.717, 1.165) is 52.3 Å². The van der Waals surface area contributed by atoms with E-state index in [-0.39, 0.29) is 11.9 Å². The van der Waals surface area contributed by atoms with E-state index >= 15 is 0 Å². The van der Waals surface area contributed by atoms with Crippen LogP contribution in [0.4, 0.5) is 0 Å². The number of carbonyl (C=O) groups excluding carboxylic acids is 1. The van der Waals surface area contributed by atoms with Crippen molar-refractivity contribution >= 4 is 16.8 Å². The molecule has 3 N–H and O–H groups in total. The Kier molecular flexibility index (Phi) is 5.06. The standard InChI is InChI=1S/C27H28N4O/c1-16-12-22(13-17(2)29-16)26-18(3)24-9-8-21(14-25(24)30-26)19-4-6-20(7-5-19)27(32)31-11-10-23(28)15-31/h4-9,12-14,23,30H,10-11,15,28H2,1-3H3/t23-/m1/s1. The van der Waals surface area contributed by atoms with Gasteiger partial charge < -0.3 is 15.6 Å². The molecular formula is C27H28N4O. The molecule has 3 heterocycles. The number of likely N-dealkylation sites (tertiary alicyclic amines) is 1. The molecule has 0 aliphatic carbocycles. The van der Waals surface area contributed by atoms with Gasteiger partial charge in [0, 0.05) is 58.2 Å². The van der Waals surface area contributed by atoms with Gasteiger partial charge in [-0.25, -0.2) is 0 Å². The second kappa shape index (κ2) is 7.92. The van der Waals surface area contributed by atoms with Crippen molar-refractivity contribution < 1.29 is 4.79 Å². The molecular weight excluding hydrogens is 396 g/mol. The molecule has 1 atom stereocenters. The predicted octanol–water partition coefficient (Wildman–Crippen LogP) is 5.00. The molecule has 0 spiro atoms. The lowest BCUT2D eigenvalue weighted by Gasteiger charge is -2.16. The number of pyridine rings is 1. The summed E-state index contributed by atoms with van der Waals surface area (Å²) in [5, 5.41) is 1.22. The maximum absolute atomic E-state index is 12.7. The Balaban J connectivity index is 1.45. The van der Waals surface area contributed by atoms with Crippen molar-refractivity contribution in [2.75, 3.05) is 13.1 Å². The number of hydrogen-bond donors (Lipinski definition) is 2. The van der Waals surface area contributed by atoms with E-state index in [1.807, 2.05) is 43.0 Å². The Morgan fingerprint density at radius 3 is 2.31 bits per heavy atom. The lowest BCUT2D eigenvalue weighted by Crippen LogP contribution is -2.31. The van der Waals surface area contributed by atoms with Crippen LogP contribution in [-0.2, 0) is 0 Å². The van der Waals surface area contributed by atoms with E-state index in [0.29, 0.717) is 12.1 Å². The van der Waals surface area contributed by atoms with E-state index in [9.17, 15) is 4.79 Å². The molecule has 5 heteroatoms. The zero-order valence-corrected chi connectivity index (χ0v) is 18.8. The zero-order chi connectivity index (χ0) is 22.4. The number of carbonyl (C=O) groups is 1. The van der Waals surface area contributed by atoms with Gasteiger partial charge in [-0.05, 0) is 74.2 Å². The molecule has 0 radical (unpaired) electrons. The number of aryl methyl sites for hydroxylation is 3. The first-order chi connectivity index (χ1) is 15.4. The highest BCUT2D eigenvalue weighted by Gasteiger charge is 2.24. The Morgan fingerprint density at radius 2 is 1.66 bits per heavy atom. The van der Waals surface area contributed by atoms with Crippen molar-refractivity contribution in [1.29, 1.82) is 0 Å². The molecule has 4 aromatic rings. The van der Waals surface area contributed by atoms with Crippen LogP contribution in [0.2, 0.25) is 0 Å². The molecule has 1 aliphatic heterocycles. The molecule has 5 rings (SSSR count).